The number of furan rings is 1. The lowest BCUT2D eigenvalue weighted by Crippen LogP contribution is -2.47. The lowest BCUT2D eigenvalue weighted by Gasteiger charge is -2.18. The molecule has 162 valence electrons. The van der Waals surface area contributed by atoms with Gasteiger partial charge in [0.15, 0.2) is 5.76 Å². The first-order valence-corrected chi connectivity index (χ1v) is 10.3. The lowest BCUT2D eigenvalue weighted by atomic mass is 10.0. The van der Waals surface area contributed by atoms with Gasteiger partial charge < -0.3 is 19.8 Å². The Morgan fingerprint density at radius 3 is 2.44 bits per heavy atom. The van der Waals surface area contributed by atoms with E-state index < -0.39 is 11.9 Å². The minimum atomic E-state index is -0.736. The number of amides is 2. The van der Waals surface area contributed by atoms with Crippen LogP contribution in [0.2, 0.25) is 0 Å². The summed E-state index contributed by atoms with van der Waals surface area (Å²) in [6.07, 6.45) is 1.80. The molecule has 1 unspecified atom stereocenters. The highest BCUT2D eigenvalue weighted by Crippen LogP contribution is 2.22. The summed E-state index contributed by atoms with van der Waals surface area (Å²) in [4.78, 5) is 25.5. The van der Waals surface area contributed by atoms with Crippen molar-refractivity contribution in [2.75, 3.05) is 7.11 Å². The van der Waals surface area contributed by atoms with Crippen LogP contribution in [0.3, 0.4) is 0 Å². The Morgan fingerprint density at radius 2 is 1.69 bits per heavy atom. The third-order valence-corrected chi connectivity index (χ3v) is 5.23. The van der Waals surface area contributed by atoms with Crippen LogP contribution in [0.15, 0.2) is 89.5 Å². The third kappa shape index (κ3) is 5.16. The first-order chi connectivity index (χ1) is 15.6. The number of nitrogens with one attached hydrogen (secondary N) is 2. The Morgan fingerprint density at radius 1 is 0.906 bits per heavy atom. The predicted octanol–water partition coefficient (Wildman–Crippen LogP) is 4.10. The molecule has 6 nitrogen and oxygen atoms in total. The normalized spacial score (nSPS) is 11.7. The van der Waals surface area contributed by atoms with Gasteiger partial charge in [-0.15, -0.1) is 0 Å². The minimum absolute atomic E-state index is 0.167. The standard InChI is InChI=1S/C26H24N2O4/c1-31-22-12-11-20-14-19(9-10-21(20)16-22)17-27-25(29)23(15-18-6-3-2-4-7-18)28-26(30)24-8-5-13-32-24/h2-14,16,23H,15,17H2,1H3,(H,27,29)(H,28,30). The molecule has 4 rings (SSSR count). The number of ether oxygens (including phenoxy) is 1. The quantitative estimate of drug-likeness (QED) is 0.443. The zero-order chi connectivity index (χ0) is 22.3. The van der Waals surface area contributed by atoms with Crippen molar-refractivity contribution < 1.29 is 18.7 Å². The summed E-state index contributed by atoms with van der Waals surface area (Å²) in [5.41, 5.74) is 1.92. The summed E-state index contributed by atoms with van der Waals surface area (Å²) >= 11 is 0. The molecule has 0 saturated heterocycles. The van der Waals surface area contributed by atoms with Crippen molar-refractivity contribution in [2.45, 2.75) is 19.0 Å². The van der Waals surface area contributed by atoms with Crippen molar-refractivity contribution >= 4 is 22.6 Å². The van der Waals surface area contributed by atoms with Crippen molar-refractivity contribution in [3.8, 4) is 5.75 Å². The number of benzene rings is 3. The molecule has 1 atom stereocenters. The molecule has 0 aliphatic rings. The number of fused-ring (bicyclic) bond motifs is 1. The van der Waals surface area contributed by atoms with E-state index in [1.807, 2.05) is 66.7 Å². The van der Waals surface area contributed by atoms with Crippen LogP contribution in [0.25, 0.3) is 10.8 Å². The van der Waals surface area contributed by atoms with E-state index in [9.17, 15) is 9.59 Å². The first-order valence-electron chi connectivity index (χ1n) is 10.3. The molecule has 4 aromatic rings. The third-order valence-electron chi connectivity index (χ3n) is 5.23. The zero-order valence-corrected chi connectivity index (χ0v) is 17.7. The second kappa shape index (κ2) is 9.83. The van der Waals surface area contributed by atoms with Gasteiger partial charge in [-0.1, -0.05) is 48.5 Å². The Kier molecular flexibility index (Phi) is 6.51. The second-order valence-corrected chi connectivity index (χ2v) is 7.46. The molecule has 3 aromatic carbocycles. The fourth-order valence-electron chi connectivity index (χ4n) is 3.52. The van der Waals surface area contributed by atoms with Crippen LogP contribution < -0.4 is 15.4 Å². The summed E-state index contributed by atoms with van der Waals surface area (Å²) in [5.74, 6) is 0.282. The summed E-state index contributed by atoms with van der Waals surface area (Å²) in [7, 11) is 1.64. The highest BCUT2D eigenvalue weighted by atomic mass is 16.5. The monoisotopic (exact) mass is 428 g/mol. The summed E-state index contributed by atoms with van der Waals surface area (Å²) < 4.78 is 10.4. The fraction of sp³-hybridized carbons (Fsp3) is 0.154. The number of rotatable bonds is 8. The van der Waals surface area contributed by atoms with Gasteiger partial charge in [0.25, 0.3) is 5.91 Å². The maximum Gasteiger partial charge on any atom is 0.287 e. The lowest BCUT2D eigenvalue weighted by molar-refractivity contribution is -0.123. The molecule has 1 heterocycles. The van der Waals surface area contributed by atoms with E-state index >= 15 is 0 Å². The van der Waals surface area contributed by atoms with Crippen LogP contribution in [0.1, 0.15) is 21.7 Å². The molecule has 0 radical (unpaired) electrons. The maximum atomic E-state index is 13.0. The molecule has 0 saturated carbocycles. The highest BCUT2D eigenvalue weighted by Gasteiger charge is 2.23. The van der Waals surface area contributed by atoms with E-state index in [0.717, 1.165) is 27.6 Å². The van der Waals surface area contributed by atoms with Gasteiger partial charge in [0, 0.05) is 13.0 Å². The van der Waals surface area contributed by atoms with Crippen molar-refractivity contribution in [2.24, 2.45) is 0 Å². The van der Waals surface area contributed by atoms with E-state index in [0.29, 0.717) is 13.0 Å². The average Bonchev–Trinajstić information content (AvgIpc) is 3.37. The van der Waals surface area contributed by atoms with Gasteiger partial charge in [0.05, 0.1) is 13.4 Å². The van der Waals surface area contributed by atoms with Crippen LogP contribution >= 0.6 is 0 Å². The molecule has 6 heteroatoms. The Balaban J connectivity index is 1.46. The van der Waals surface area contributed by atoms with Crippen LogP contribution in [-0.2, 0) is 17.8 Å². The van der Waals surface area contributed by atoms with E-state index in [2.05, 4.69) is 10.6 Å². The average molecular weight is 428 g/mol. The van der Waals surface area contributed by atoms with Gasteiger partial charge in [-0.3, -0.25) is 9.59 Å². The second-order valence-electron chi connectivity index (χ2n) is 7.46. The number of carbonyl (C=O) groups is 2. The van der Waals surface area contributed by atoms with Crippen LogP contribution in [0.4, 0.5) is 0 Å². The van der Waals surface area contributed by atoms with E-state index in [-0.39, 0.29) is 11.7 Å². The summed E-state index contributed by atoms with van der Waals surface area (Å²) in [6, 6.07) is 23.9. The number of carbonyl (C=O) groups excluding carboxylic acids is 2. The van der Waals surface area contributed by atoms with E-state index in [1.54, 1.807) is 19.2 Å². The Labute approximate surface area is 186 Å². The van der Waals surface area contributed by atoms with Crippen LogP contribution in [0.5, 0.6) is 5.75 Å². The summed E-state index contributed by atoms with van der Waals surface area (Å²) in [6.45, 7) is 0.350. The largest absolute Gasteiger partial charge is 0.497 e. The van der Waals surface area contributed by atoms with Crippen LogP contribution in [0, 0.1) is 0 Å². The Bertz CT molecular complexity index is 1200. The van der Waals surface area contributed by atoms with Gasteiger partial charge in [-0.05, 0) is 52.2 Å². The molecule has 0 aliphatic heterocycles. The molecule has 32 heavy (non-hydrogen) atoms. The topological polar surface area (TPSA) is 80.6 Å². The van der Waals surface area contributed by atoms with Gasteiger partial charge in [-0.25, -0.2) is 0 Å². The highest BCUT2D eigenvalue weighted by molar-refractivity contribution is 5.95. The SMILES string of the molecule is COc1ccc2cc(CNC(=O)C(Cc3ccccc3)NC(=O)c3ccco3)ccc2c1. The maximum absolute atomic E-state index is 13.0. The summed E-state index contributed by atoms with van der Waals surface area (Å²) in [5, 5.41) is 7.86. The van der Waals surface area contributed by atoms with Gasteiger partial charge in [-0.2, -0.15) is 0 Å². The molecule has 1 aromatic heterocycles. The molecular weight excluding hydrogens is 404 g/mol. The van der Waals surface area contributed by atoms with Gasteiger partial charge >= 0.3 is 0 Å². The number of hydrogen-bond acceptors (Lipinski definition) is 4. The molecule has 0 bridgehead atoms. The van der Waals surface area contributed by atoms with E-state index in [4.69, 9.17) is 9.15 Å². The van der Waals surface area contributed by atoms with Crippen molar-refractivity contribution in [3.63, 3.8) is 0 Å². The van der Waals surface area contributed by atoms with Crippen molar-refractivity contribution in [1.82, 2.24) is 10.6 Å². The smallest absolute Gasteiger partial charge is 0.287 e. The minimum Gasteiger partial charge on any atom is -0.497 e. The van der Waals surface area contributed by atoms with E-state index in [1.165, 1.54) is 6.26 Å². The molecule has 0 aliphatic carbocycles. The van der Waals surface area contributed by atoms with Gasteiger partial charge in [0.2, 0.25) is 5.91 Å². The molecule has 2 amide bonds. The molecule has 0 spiro atoms. The first kappa shape index (κ1) is 21.2. The fourth-order valence-corrected chi connectivity index (χ4v) is 3.52. The predicted molar refractivity (Wildman–Crippen MR) is 122 cm³/mol. The van der Waals surface area contributed by atoms with Crippen molar-refractivity contribution in [1.29, 1.82) is 0 Å². The van der Waals surface area contributed by atoms with Crippen LogP contribution in [-0.4, -0.2) is 25.0 Å². The van der Waals surface area contributed by atoms with Crippen molar-refractivity contribution in [3.05, 3.63) is 102 Å². The molecule has 2 N–H and O–H groups in total. The number of methoxy groups -OCH3 is 1. The van der Waals surface area contributed by atoms with Gasteiger partial charge in [0.1, 0.15) is 11.8 Å². The zero-order valence-electron chi connectivity index (χ0n) is 17.7. The Hall–Kier alpha value is -4.06. The number of hydrogen-bond donors (Lipinski definition) is 2. The molecular formula is C26H24N2O4. The molecule has 0 fully saturated rings.